The summed E-state index contributed by atoms with van der Waals surface area (Å²) in [5.41, 5.74) is 13.6. The summed E-state index contributed by atoms with van der Waals surface area (Å²) >= 11 is 0. The predicted octanol–water partition coefficient (Wildman–Crippen LogP) is 3.81. The molecule has 3 aromatic carbocycles. The van der Waals surface area contributed by atoms with E-state index in [1.165, 1.54) is 4.68 Å². The van der Waals surface area contributed by atoms with Crippen LogP contribution in [0.5, 0.6) is 11.5 Å². The number of methoxy groups -OCH3 is 1. The smallest absolute Gasteiger partial charge is 0.259 e. The van der Waals surface area contributed by atoms with Crippen molar-refractivity contribution in [3.63, 3.8) is 0 Å². The van der Waals surface area contributed by atoms with Crippen molar-refractivity contribution < 1.29 is 14.6 Å². The van der Waals surface area contributed by atoms with Crippen LogP contribution in [0.2, 0.25) is 0 Å². The number of ether oxygens (including phenoxy) is 1. The number of aromatic nitrogens is 4. The Hall–Kier alpha value is -5.63. The number of hydrogen-bond donors (Lipinski definition) is 4. The normalized spacial score (nSPS) is 10.2. The van der Waals surface area contributed by atoms with Crippen LogP contribution in [0.25, 0.3) is 16.7 Å². The van der Waals surface area contributed by atoms with Gasteiger partial charge in [0.1, 0.15) is 23.2 Å². The Morgan fingerprint density at radius 1 is 1.08 bits per heavy atom. The fourth-order valence-electron chi connectivity index (χ4n) is 3.65. The molecule has 0 aliphatic carbocycles. The second-order valence-corrected chi connectivity index (χ2v) is 8.01. The monoisotopic (exact) mass is 508 g/mol. The van der Waals surface area contributed by atoms with E-state index in [0.717, 1.165) is 5.39 Å². The lowest BCUT2D eigenvalue weighted by Crippen LogP contribution is -2.12. The summed E-state index contributed by atoms with van der Waals surface area (Å²) in [6.45, 7) is 1.72. The van der Waals surface area contributed by atoms with Gasteiger partial charge in [0, 0.05) is 23.5 Å². The van der Waals surface area contributed by atoms with E-state index in [9.17, 15) is 9.90 Å². The first-order valence-electron chi connectivity index (χ1n) is 11.3. The molecule has 38 heavy (non-hydrogen) atoms. The minimum absolute atomic E-state index is 0.136. The maximum atomic E-state index is 12.4. The Labute approximate surface area is 217 Å². The van der Waals surface area contributed by atoms with Crippen LogP contribution in [0.3, 0.4) is 0 Å². The molecule has 0 aliphatic rings. The highest BCUT2D eigenvalue weighted by molar-refractivity contribution is 6.11. The van der Waals surface area contributed by atoms with Crippen LogP contribution in [0.15, 0.2) is 73.1 Å². The number of phenols is 1. The highest BCUT2D eigenvalue weighted by Crippen LogP contribution is 2.34. The molecular weight excluding hydrogens is 484 g/mol. The quantitative estimate of drug-likeness (QED) is 0.207. The molecule has 2 aromatic heterocycles. The van der Waals surface area contributed by atoms with E-state index in [-0.39, 0.29) is 22.8 Å². The summed E-state index contributed by atoms with van der Waals surface area (Å²) in [5.74, 6) is 0.682. The van der Waals surface area contributed by atoms with Crippen LogP contribution in [0.1, 0.15) is 21.6 Å². The topological polar surface area (TPSA) is 178 Å². The summed E-state index contributed by atoms with van der Waals surface area (Å²) in [5, 5.41) is 27.4. The van der Waals surface area contributed by atoms with Crippen molar-refractivity contribution in [2.75, 3.05) is 23.9 Å². The van der Waals surface area contributed by atoms with Gasteiger partial charge in [0.05, 0.1) is 24.1 Å². The Morgan fingerprint density at radius 2 is 1.76 bits per heavy atom. The summed E-state index contributed by atoms with van der Waals surface area (Å²) in [6, 6.07) is 19.6. The number of nitrogens with two attached hydrogens (primary N) is 2. The van der Waals surface area contributed by atoms with E-state index in [0.29, 0.717) is 34.0 Å². The standard InChI is InChI=1S/C18H16N2O3.C9H8N6/c1-23-13-8-6-12(7-9-13)20-18(22)15-10-11-4-2-3-5-14(11)16(19)17(15)21;1-6-7(5-10)8(11)15(14-6)9-12-3-2-4-13-9/h2-10,21H,19H2,1H3,(H,20,22);2-4H,11H2,1H3. The first kappa shape index (κ1) is 25.5. The van der Waals surface area contributed by atoms with E-state index < -0.39 is 5.91 Å². The lowest BCUT2D eigenvalue weighted by atomic mass is 10.0. The van der Waals surface area contributed by atoms with Crippen molar-refractivity contribution in [2.45, 2.75) is 6.92 Å². The third-order valence-electron chi connectivity index (χ3n) is 5.60. The summed E-state index contributed by atoms with van der Waals surface area (Å²) in [6.07, 6.45) is 3.18. The summed E-state index contributed by atoms with van der Waals surface area (Å²) in [4.78, 5) is 20.4. The van der Waals surface area contributed by atoms with Gasteiger partial charge in [-0.2, -0.15) is 15.0 Å². The molecule has 0 unspecified atom stereocenters. The lowest BCUT2D eigenvalue weighted by Gasteiger charge is -2.11. The number of phenolic OH excluding ortho intramolecular Hbond substituents is 1. The molecule has 2 heterocycles. The van der Waals surface area contributed by atoms with E-state index >= 15 is 0 Å². The third-order valence-corrected chi connectivity index (χ3v) is 5.60. The van der Waals surface area contributed by atoms with Crippen molar-refractivity contribution in [2.24, 2.45) is 0 Å². The fraction of sp³-hybridized carbons (Fsp3) is 0.0741. The van der Waals surface area contributed by atoms with Crippen LogP contribution < -0.4 is 21.5 Å². The van der Waals surface area contributed by atoms with Crippen LogP contribution in [-0.4, -0.2) is 37.9 Å². The second kappa shape index (κ2) is 11.0. The number of fused-ring (bicyclic) bond motifs is 1. The van der Waals surface area contributed by atoms with E-state index in [1.54, 1.807) is 68.9 Å². The molecule has 6 N–H and O–H groups in total. The largest absolute Gasteiger partial charge is 0.505 e. The highest BCUT2D eigenvalue weighted by atomic mass is 16.5. The molecule has 0 atom stereocenters. The average Bonchev–Trinajstić information content (AvgIpc) is 3.24. The minimum atomic E-state index is -0.426. The zero-order valence-electron chi connectivity index (χ0n) is 20.6. The average molecular weight is 509 g/mol. The minimum Gasteiger partial charge on any atom is -0.505 e. The summed E-state index contributed by atoms with van der Waals surface area (Å²) in [7, 11) is 1.57. The van der Waals surface area contributed by atoms with Gasteiger partial charge in [-0.25, -0.2) is 9.97 Å². The molecule has 5 rings (SSSR count). The van der Waals surface area contributed by atoms with Gasteiger partial charge >= 0.3 is 0 Å². The predicted molar refractivity (Wildman–Crippen MR) is 144 cm³/mol. The molecule has 0 spiro atoms. The van der Waals surface area contributed by atoms with Crippen LogP contribution >= 0.6 is 0 Å². The molecule has 0 saturated heterocycles. The molecule has 190 valence electrons. The SMILES string of the molecule is COc1ccc(NC(=O)c2cc3ccccc3c(N)c2O)cc1.Cc1nn(-c2ncccn2)c(N)c1C#N. The van der Waals surface area contributed by atoms with Gasteiger partial charge in [-0.3, -0.25) is 4.79 Å². The zero-order valence-corrected chi connectivity index (χ0v) is 20.6. The second-order valence-electron chi connectivity index (χ2n) is 8.01. The Morgan fingerprint density at radius 3 is 2.39 bits per heavy atom. The molecule has 11 heteroatoms. The number of nitriles is 1. The maximum absolute atomic E-state index is 12.4. The molecule has 11 nitrogen and oxygen atoms in total. The maximum Gasteiger partial charge on any atom is 0.259 e. The number of rotatable bonds is 4. The van der Waals surface area contributed by atoms with Gasteiger partial charge in [-0.1, -0.05) is 24.3 Å². The van der Waals surface area contributed by atoms with Gasteiger partial charge < -0.3 is 26.6 Å². The van der Waals surface area contributed by atoms with Gasteiger partial charge in [-0.05, 0) is 48.7 Å². The van der Waals surface area contributed by atoms with Crippen LogP contribution in [-0.2, 0) is 0 Å². The lowest BCUT2D eigenvalue weighted by molar-refractivity contribution is 0.102. The number of aromatic hydroxyl groups is 1. The molecular formula is C27H24N8O3. The summed E-state index contributed by atoms with van der Waals surface area (Å²) < 4.78 is 6.43. The zero-order chi connectivity index (χ0) is 27.2. The van der Waals surface area contributed by atoms with Crippen LogP contribution in [0.4, 0.5) is 17.2 Å². The number of anilines is 3. The Balaban J connectivity index is 0.000000194. The van der Waals surface area contributed by atoms with Crippen molar-refractivity contribution >= 4 is 33.9 Å². The number of hydrogen-bond acceptors (Lipinski definition) is 9. The highest BCUT2D eigenvalue weighted by Gasteiger charge is 2.17. The third kappa shape index (κ3) is 5.14. The van der Waals surface area contributed by atoms with Crippen LogP contribution in [0, 0.1) is 18.3 Å². The first-order valence-corrected chi connectivity index (χ1v) is 11.3. The Bertz CT molecular complexity index is 1640. The Kier molecular flexibility index (Phi) is 7.35. The van der Waals surface area contributed by atoms with Gasteiger partial charge in [0.25, 0.3) is 11.9 Å². The number of nitrogen functional groups attached to an aromatic ring is 2. The fourth-order valence-corrected chi connectivity index (χ4v) is 3.65. The van der Waals surface area contributed by atoms with Crippen molar-refractivity contribution in [3.8, 4) is 23.5 Å². The van der Waals surface area contributed by atoms with Gasteiger partial charge in [-0.15, -0.1) is 0 Å². The van der Waals surface area contributed by atoms with Gasteiger partial charge in [0.2, 0.25) is 0 Å². The van der Waals surface area contributed by atoms with E-state index in [1.807, 2.05) is 24.3 Å². The molecule has 0 saturated carbocycles. The van der Waals surface area contributed by atoms with Gasteiger partial charge in [0.15, 0.2) is 5.75 Å². The van der Waals surface area contributed by atoms with Crippen molar-refractivity contribution in [1.29, 1.82) is 5.26 Å². The molecule has 5 aromatic rings. The first-order chi connectivity index (χ1) is 18.3. The number of carbonyl (C=O) groups excluding carboxylic acids is 1. The number of nitrogens with zero attached hydrogens (tertiary/aromatic N) is 5. The van der Waals surface area contributed by atoms with Crippen molar-refractivity contribution in [1.82, 2.24) is 19.7 Å². The number of nitrogens with one attached hydrogen (secondary N) is 1. The number of amides is 1. The molecule has 0 bridgehead atoms. The molecule has 0 fully saturated rings. The molecule has 0 radical (unpaired) electrons. The number of aryl methyl sites for hydroxylation is 1. The van der Waals surface area contributed by atoms with Crippen molar-refractivity contribution in [3.05, 3.63) is 89.9 Å². The number of benzene rings is 3. The number of carbonyl (C=O) groups is 1. The van der Waals surface area contributed by atoms with E-state index in [4.69, 9.17) is 21.5 Å². The molecule has 1 amide bonds. The molecule has 0 aliphatic heterocycles. The van der Waals surface area contributed by atoms with E-state index in [2.05, 4.69) is 20.4 Å².